The fourth-order valence-electron chi connectivity index (χ4n) is 5.10. The van der Waals surface area contributed by atoms with E-state index in [0.29, 0.717) is 24.5 Å². The number of aromatic nitrogens is 3. The van der Waals surface area contributed by atoms with Crippen LogP contribution >= 0.6 is 0 Å². The molecule has 5 rings (SSSR count). The zero-order valence-corrected chi connectivity index (χ0v) is 18.4. The molecule has 5 nitrogen and oxygen atoms in total. The zero-order chi connectivity index (χ0) is 24.6. The lowest BCUT2D eigenvalue weighted by molar-refractivity contribution is -0.741. The molecule has 1 aliphatic rings. The first-order valence-corrected chi connectivity index (χ1v) is 10.7. The molecule has 3 aromatic heterocycles. The lowest BCUT2D eigenvalue weighted by Gasteiger charge is -2.35. The van der Waals surface area contributed by atoms with Gasteiger partial charge < -0.3 is 4.42 Å². The fourth-order valence-corrected chi connectivity index (χ4v) is 5.10. The Morgan fingerprint density at radius 3 is 2.53 bits per heavy atom. The van der Waals surface area contributed by atoms with Crippen LogP contribution in [0.15, 0.2) is 46.1 Å². The Bertz CT molecular complexity index is 1580. The van der Waals surface area contributed by atoms with E-state index in [4.69, 9.17) is 4.42 Å². The predicted octanol–water partition coefficient (Wildman–Crippen LogP) is 4.29. The second-order valence-electron chi connectivity index (χ2n) is 8.38. The molecule has 1 aliphatic heterocycles. The van der Waals surface area contributed by atoms with Crippen molar-refractivity contribution in [1.29, 1.82) is 0 Å². The number of benzene rings is 1. The molecule has 0 atom stereocenters. The molecule has 10 heteroatoms. The van der Waals surface area contributed by atoms with E-state index in [2.05, 4.69) is 4.98 Å². The van der Waals surface area contributed by atoms with Crippen molar-refractivity contribution in [1.82, 2.24) is 9.38 Å². The molecule has 0 saturated carbocycles. The van der Waals surface area contributed by atoms with E-state index in [1.807, 2.05) is 13.8 Å². The molecule has 0 fully saturated rings. The molecule has 4 heterocycles. The van der Waals surface area contributed by atoms with Crippen LogP contribution in [0, 0.1) is 18.6 Å². The van der Waals surface area contributed by atoms with Crippen LogP contribution in [0.1, 0.15) is 43.4 Å². The SMILES string of the molecule is CCC1(CC)C(=c2oc(=O)c3cncn23)c2cc(F)c(C(F)(F)F)c(F)c2-c2cc(C)cc[n+]21. The lowest BCUT2D eigenvalue weighted by atomic mass is 9.74. The summed E-state index contributed by atoms with van der Waals surface area (Å²) in [6, 6.07) is 4.02. The number of pyridine rings is 1. The van der Waals surface area contributed by atoms with Crippen molar-refractivity contribution in [3.05, 3.63) is 81.2 Å². The van der Waals surface area contributed by atoms with Crippen molar-refractivity contribution in [3.8, 4) is 11.3 Å². The summed E-state index contributed by atoms with van der Waals surface area (Å²) in [5.74, 6) is -3.45. The fraction of sp³-hybridized carbons (Fsp3) is 0.292. The van der Waals surface area contributed by atoms with E-state index in [1.54, 1.807) is 29.8 Å². The van der Waals surface area contributed by atoms with Crippen LogP contribution < -0.4 is 15.7 Å². The Morgan fingerprint density at radius 2 is 1.88 bits per heavy atom. The number of rotatable bonds is 2. The summed E-state index contributed by atoms with van der Waals surface area (Å²) >= 11 is 0. The number of halogens is 5. The third kappa shape index (κ3) is 2.80. The van der Waals surface area contributed by atoms with Crippen LogP contribution in [-0.2, 0) is 11.7 Å². The highest BCUT2D eigenvalue weighted by Crippen LogP contribution is 2.47. The number of hydrogen-bond donors (Lipinski definition) is 0. The van der Waals surface area contributed by atoms with E-state index < -0.39 is 40.1 Å². The van der Waals surface area contributed by atoms with Gasteiger partial charge in [0.2, 0.25) is 11.2 Å². The lowest BCUT2D eigenvalue weighted by Crippen LogP contribution is -2.61. The maximum absolute atomic E-state index is 15.6. The minimum atomic E-state index is -5.24. The molecular weight excluding hydrogens is 457 g/mol. The van der Waals surface area contributed by atoms with Gasteiger partial charge in [0, 0.05) is 30.5 Å². The topological polar surface area (TPSA) is 51.4 Å². The second-order valence-corrected chi connectivity index (χ2v) is 8.38. The van der Waals surface area contributed by atoms with Gasteiger partial charge in [-0.25, -0.2) is 18.6 Å². The molecule has 0 unspecified atom stereocenters. The predicted molar refractivity (Wildman–Crippen MR) is 112 cm³/mol. The number of aryl methyl sites for hydroxylation is 1. The Hall–Kier alpha value is -3.56. The number of hydrogen-bond acceptors (Lipinski definition) is 3. The van der Waals surface area contributed by atoms with Crippen LogP contribution in [0.2, 0.25) is 0 Å². The van der Waals surface area contributed by atoms with Gasteiger partial charge in [-0.3, -0.25) is 4.40 Å². The molecule has 0 saturated heterocycles. The Morgan fingerprint density at radius 1 is 1.18 bits per heavy atom. The quantitative estimate of drug-likeness (QED) is 0.320. The van der Waals surface area contributed by atoms with Crippen LogP contribution in [0.4, 0.5) is 22.0 Å². The van der Waals surface area contributed by atoms with Crippen molar-refractivity contribution in [2.24, 2.45) is 0 Å². The zero-order valence-electron chi connectivity index (χ0n) is 18.4. The van der Waals surface area contributed by atoms with Crippen molar-refractivity contribution in [2.45, 2.75) is 45.3 Å². The van der Waals surface area contributed by atoms with Gasteiger partial charge in [-0.2, -0.15) is 17.7 Å². The van der Waals surface area contributed by atoms with Crippen LogP contribution in [0.3, 0.4) is 0 Å². The van der Waals surface area contributed by atoms with E-state index in [9.17, 15) is 22.4 Å². The first kappa shape index (κ1) is 22.2. The smallest absolute Gasteiger partial charge is 0.404 e. The molecule has 1 aromatic carbocycles. The number of imidazole rings is 1. The summed E-state index contributed by atoms with van der Waals surface area (Å²) in [7, 11) is 0. The van der Waals surface area contributed by atoms with Gasteiger partial charge in [0.05, 0.1) is 17.3 Å². The summed E-state index contributed by atoms with van der Waals surface area (Å²) in [5, 5.41) is 0. The summed E-state index contributed by atoms with van der Waals surface area (Å²) in [4.78, 5) is 16.4. The maximum Gasteiger partial charge on any atom is 0.422 e. The molecule has 0 amide bonds. The van der Waals surface area contributed by atoms with E-state index in [-0.39, 0.29) is 27.9 Å². The molecule has 0 aliphatic carbocycles. The molecule has 0 spiro atoms. The van der Waals surface area contributed by atoms with Crippen LogP contribution in [0.5, 0.6) is 0 Å². The maximum atomic E-state index is 15.6. The summed E-state index contributed by atoms with van der Waals surface area (Å²) in [6.45, 7) is 5.44. The largest absolute Gasteiger partial charge is 0.422 e. The van der Waals surface area contributed by atoms with Crippen molar-refractivity contribution in [2.75, 3.05) is 0 Å². The second kappa shape index (κ2) is 7.22. The Labute approximate surface area is 189 Å². The van der Waals surface area contributed by atoms with Crippen molar-refractivity contribution < 1.29 is 30.9 Å². The molecule has 0 bridgehead atoms. The third-order valence-corrected chi connectivity index (χ3v) is 6.70. The molecular formula is C24H19F5N3O2+. The number of fused-ring (bicyclic) bond motifs is 4. The summed E-state index contributed by atoms with van der Waals surface area (Å²) in [5.41, 5.74) is -2.98. The highest BCUT2D eigenvalue weighted by Gasteiger charge is 2.52. The van der Waals surface area contributed by atoms with Gasteiger partial charge in [0.25, 0.3) is 0 Å². The van der Waals surface area contributed by atoms with Gasteiger partial charge in [-0.1, -0.05) is 13.8 Å². The average molecular weight is 476 g/mol. The molecule has 0 N–H and O–H groups in total. The number of alkyl halides is 3. The van der Waals surface area contributed by atoms with Crippen molar-refractivity contribution >= 4 is 11.1 Å². The normalized spacial score (nSPS) is 16.6. The van der Waals surface area contributed by atoms with Crippen LogP contribution in [0.25, 0.3) is 22.3 Å². The van der Waals surface area contributed by atoms with Gasteiger partial charge >= 0.3 is 11.8 Å². The Balaban J connectivity index is 2.10. The van der Waals surface area contributed by atoms with E-state index >= 15 is 4.39 Å². The van der Waals surface area contributed by atoms with Gasteiger partial charge in [-0.05, 0) is 18.6 Å². The third-order valence-electron chi connectivity index (χ3n) is 6.70. The Kier molecular flexibility index (Phi) is 4.72. The molecule has 4 aromatic rings. The van der Waals surface area contributed by atoms with Gasteiger partial charge in [0.1, 0.15) is 17.7 Å². The van der Waals surface area contributed by atoms with E-state index in [1.165, 1.54) is 16.9 Å². The van der Waals surface area contributed by atoms with E-state index in [0.717, 1.165) is 0 Å². The average Bonchev–Trinajstić information content (AvgIpc) is 3.35. The standard InChI is InChI=1S/C24H19F5N3O2/c1-4-23(5-2)18(21-31-11-30-10-16(31)22(33)34-21)13-9-14(25)19(24(27,28)29)20(26)17(13)15-8-12(3)6-7-32(15)23/h6-11H,4-5H2,1-3H3/q+1. The molecule has 176 valence electrons. The molecule has 34 heavy (non-hydrogen) atoms. The number of nitrogens with zero attached hydrogens (tertiary/aromatic N) is 3. The minimum Gasteiger partial charge on any atom is -0.404 e. The highest BCUT2D eigenvalue weighted by atomic mass is 19.4. The van der Waals surface area contributed by atoms with Crippen molar-refractivity contribution in [3.63, 3.8) is 0 Å². The number of oxazole rings is 1. The highest BCUT2D eigenvalue weighted by molar-refractivity contribution is 5.84. The molecule has 0 radical (unpaired) electrons. The first-order valence-electron chi connectivity index (χ1n) is 10.7. The van der Waals surface area contributed by atoms with Gasteiger partial charge in [-0.15, -0.1) is 0 Å². The van der Waals surface area contributed by atoms with Crippen LogP contribution in [-0.4, -0.2) is 9.38 Å². The minimum absolute atomic E-state index is 0.0280. The summed E-state index contributed by atoms with van der Waals surface area (Å²) < 4.78 is 80.0. The first-order chi connectivity index (χ1) is 16.0. The summed E-state index contributed by atoms with van der Waals surface area (Å²) in [6.07, 6.45) is -0.167. The monoisotopic (exact) mass is 476 g/mol. The van der Waals surface area contributed by atoms with Gasteiger partial charge in [0.15, 0.2) is 23.1 Å².